The molecule has 136 valence electrons. The monoisotopic (exact) mass is 355 g/mol. The number of amides is 1. The van der Waals surface area contributed by atoms with Crippen molar-refractivity contribution in [1.82, 2.24) is 5.32 Å². The predicted octanol–water partition coefficient (Wildman–Crippen LogP) is 2.77. The molecule has 0 unspecified atom stereocenters. The van der Waals surface area contributed by atoms with Crippen molar-refractivity contribution in [2.24, 2.45) is 0 Å². The number of rotatable bonds is 7. The number of ether oxygens (including phenoxy) is 3. The van der Waals surface area contributed by atoms with E-state index in [1.165, 1.54) is 0 Å². The van der Waals surface area contributed by atoms with Gasteiger partial charge in [0, 0.05) is 6.42 Å². The Morgan fingerprint density at radius 2 is 1.88 bits per heavy atom. The summed E-state index contributed by atoms with van der Waals surface area (Å²) in [5, 5.41) is 2.80. The minimum Gasteiger partial charge on any atom is -0.456 e. The number of fused-ring (bicyclic) bond motifs is 1. The molecule has 6 heteroatoms. The molecular formula is C20H21NO5. The van der Waals surface area contributed by atoms with Gasteiger partial charge >= 0.3 is 5.97 Å². The molecule has 0 aliphatic carbocycles. The summed E-state index contributed by atoms with van der Waals surface area (Å²) >= 11 is 0. The standard InChI is InChI=1S/C20H21NO5/c1-14(16-8-9-17-18(11-16)26-13-25-17)21-19(22)12-24-20(23)10-7-15-5-3-2-4-6-15/h2-6,8-9,11,14H,7,10,12-13H2,1H3,(H,21,22)/t14-/m1/s1. The van der Waals surface area contributed by atoms with Gasteiger partial charge in [0.1, 0.15) is 0 Å². The fraction of sp³-hybridized carbons (Fsp3) is 0.300. The first-order valence-electron chi connectivity index (χ1n) is 8.50. The zero-order chi connectivity index (χ0) is 18.4. The number of hydrogen-bond donors (Lipinski definition) is 1. The summed E-state index contributed by atoms with van der Waals surface area (Å²) in [5.74, 6) is 0.624. The zero-order valence-electron chi connectivity index (χ0n) is 14.6. The molecule has 1 aliphatic rings. The van der Waals surface area contributed by atoms with Crippen LogP contribution in [0, 0.1) is 0 Å². The van der Waals surface area contributed by atoms with E-state index in [1.54, 1.807) is 0 Å². The number of carbonyl (C=O) groups excluding carboxylic acids is 2. The smallest absolute Gasteiger partial charge is 0.306 e. The molecule has 0 saturated heterocycles. The second-order valence-corrected chi connectivity index (χ2v) is 6.05. The van der Waals surface area contributed by atoms with Crippen molar-refractivity contribution in [2.75, 3.05) is 13.4 Å². The van der Waals surface area contributed by atoms with E-state index in [1.807, 2.05) is 55.5 Å². The second-order valence-electron chi connectivity index (χ2n) is 6.05. The Morgan fingerprint density at radius 3 is 2.69 bits per heavy atom. The molecule has 26 heavy (non-hydrogen) atoms. The summed E-state index contributed by atoms with van der Waals surface area (Å²) in [6.07, 6.45) is 0.837. The lowest BCUT2D eigenvalue weighted by Gasteiger charge is -2.15. The van der Waals surface area contributed by atoms with Crippen LogP contribution in [-0.2, 0) is 20.7 Å². The van der Waals surface area contributed by atoms with E-state index in [0.29, 0.717) is 17.9 Å². The molecular weight excluding hydrogens is 334 g/mol. The molecule has 1 N–H and O–H groups in total. The largest absolute Gasteiger partial charge is 0.456 e. The lowest BCUT2D eigenvalue weighted by atomic mass is 10.1. The molecule has 1 amide bonds. The Bertz CT molecular complexity index is 775. The summed E-state index contributed by atoms with van der Waals surface area (Å²) in [7, 11) is 0. The highest BCUT2D eigenvalue weighted by Crippen LogP contribution is 2.34. The van der Waals surface area contributed by atoms with Crippen LogP contribution in [0.1, 0.15) is 30.5 Å². The Labute approximate surface area is 152 Å². The highest BCUT2D eigenvalue weighted by atomic mass is 16.7. The zero-order valence-corrected chi connectivity index (χ0v) is 14.6. The maximum atomic E-state index is 12.0. The molecule has 0 saturated carbocycles. The minimum absolute atomic E-state index is 0.207. The van der Waals surface area contributed by atoms with E-state index in [9.17, 15) is 9.59 Å². The molecule has 0 bridgehead atoms. The van der Waals surface area contributed by atoms with Crippen molar-refractivity contribution < 1.29 is 23.8 Å². The van der Waals surface area contributed by atoms with Crippen molar-refractivity contribution in [3.05, 3.63) is 59.7 Å². The van der Waals surface area contributed by atoms with Crippen molar-refractivity contribution in [2.45, 2.75) is 25.8 Å². The SMILES string of the molecule is C[C@@H](NC(=O)COC(=O)CCc1ccccc1)c1ccc2c(c1)OCO2. The van der Waals surface area contributed by atoms with Crippen LogP contribution in [0.5, 0.6) is 11.5 Å². The van der Waals surface area contributed by atoms with Gasteiger partial charge in [-0.05, 0) is 36.6 Å². The molecule has 0 aromatic heterocycles. The van der Waals surface area contributed by atoms with Crippen LogP contribution in [0.4, 0.5) is 0 Å². The predicted molar refractivity (Wildman–Crippen MR) is 94.8 cm³/mol. The fourth-order valence-electron chi connectivity index (χ4n) is 2.66. The van der Waals surface area contributed by atoms with Gasteiger partial charge in [-0.2, -0.15) is 0 Å². The summed E-state index contributed by atoms with van der Waals surface area (Å²) < 4.78 is 15.6. The molecule has 0 radical (unpaired) electrons. The Morgan fingerprint density at radius 1 is 1.12 bits per heavy atom. The van der Waals surface area contributed by atoms with Crippen molar-refractivity contribution >= 4 is 11.9 Å². The van der Waals surface area contributed by atoms with Crippen LogP contribution >= 0.6 is 0 Å². The summed E-state index contributed by atoms with van der Waals surface area (Å²) in [5.41, 5.74) is 1.95. The highest BCUT2D eigenvalue weighted by Gasteiger charge is 2.17. The van der Waals surface area contributed by atoms with Crippen LogP contribution in [0.25, 0.3) is 0 Å². The number of aryl methyl sites for hydroxylation is 1. The maximum Gasteiger partial charge on any atom is 0.306 e. The van der Waals surface area contributed by atoms with Gasteiger partial charge < -0.3 is 19.5 Å². The lowest BCUT2D eigenvalue weighted by molar-refractivity contribution is -0.148. The van der Waals surface area contributed by atoms with Gasteiger partial charge in [-0.3, -0.25) is 9.59 Å². The third-order valence-corrected chi connectivity index (χ3v) is 4.10. The van der Waals surface area contributed by atoms with Gasteiger partial charge in [-0.15, -0.1) is 0 Å². The summed E-state index contributed by atoms with van der Waals surface area (Å²) in [6, 6.07) is 14.9. The second kappa shape index (κ2) is 8.38. The van der Waals surface area contributed by atoms with Gasteiger partial charge in [0.25, 0.3) is 5.91 Å². The van der Waals surface area contributed by atoms with Crippen LogP contribution in [0.15, 0.2) is 48.5 Å². The number of carbonyl (C=O) groups is 2. The van der Waals surface area contributed by atoms with E-state index in [2.05, 4.69) is 5.32 Å². The van der Waals surface area contributed by atoms with E-state index in [0.717, 1.165) is 11.1 Å². The normalized spacial score (nSPS) is 13.1. The minimum atomic E-state index is -0.389. The Balaban J connectivity index is 1.41. The topological polar surface area (TPSA) is 73.9 Å². The first-order valence-corrected chi connectivity index (χ1v) is 8.50. The quantitative estimate of drug-likeness (QED) is 0.773. The van der Waals surface area contributed by atoms with Crippen molar-refractivity contribution in [3.8, 4) is 11.5 Å². The first-order chi connectivity index (χ1) is 12.6. The van der Waals surface area contributed by atoms with Crippen LogP contribution in [0.3, 0.4) is 0 Å². The van der Waals surface area contributed by atoms with E-state index in [4.69, 9.17) is 14.2 Å². The van der Waals surface area contributed by atoms with Gasteiger partial charge in [0.2, 0.25) is 6.79 Å². The van der Waals surface area contributed by atoms with Crippen molar-refractivity contribution in [3.63, 3.8) is 0 Å². The van der Waals surface area contributed by atoms with E-state index in [-0.39, 0.29) is 37.7 Å². The van der Waals surface area contributed by atoms with Crippen molar-refractivity contribution in [1.29, 1.82) is 0 Å². The number of nitrogens with one attached hydrogen (secondary N) is 1. The fourth-order valence-corrected chi connectivity index (χ4v) is 2.66. The maximum absolute atomic E-state index is 12.0. The lowest BCUT2D eigenvalue weighted by Crippen LogP contribution is -2.31. The van der Waals surface area contributed by atoms with Gasteiger partial charge in [-0.25, -0.2) is 0 Å². The molecule has 3 rings (SSSR count). The number of benzene rings is 2. The third kappa shape index (κ3) is 4.75. The average Bonchev–Trinajstić information content (AvgIpc) is 3.13. The van der Waals surface area contributed by atoms with Gasteiger partial charge in [0.05, 0.1) is 6.04 Å². The molecule has 1 atom stereocenters. The molecule has 0 spiro atoms. The summed E-state index contributed by atoms with van der Waals surface area (Å²) in [6.45, 7) is 1.77. The Hall–Kier alpha value is -3.02. The average molecular weight is 355 g/mol. The first kappa shape index (κ1) is 17.8. The molecule has 0 fully saturated rings. The number of esters is 1. The molecule has 2 aromatic rings. The Kier molecular flexibility index (Phi) is 5.73. The molecule has 2 aromatic carbocycles. The van der Waals surface area contributed by atoms with Crippen LogP contribution < -0.4 is 14.8 Å². The third-order valence-electron chi connectivity index (χ3n) is 4.10. The van der Waals surface area contributed by atoms with Crippen LogP contribution in [0.2, 0.25) is 0 Å². The summed E-state index contributed by atoms with van der Waals surface area (Å²) in [4.78, 5) is 23.8. The molecule has 6 nitrogen and oxygen atoms in total. The van der Waals surface area contributed by atoms with E-state index >= 15 is 0 Å². The van der Waals surface area contributed by atoms with Gasteiger partial charge in [0.15, 0.2) is 18.1 Å². The highest BCUT2D eigenvalue weighted by molar-refractivity contribution is 5.80. The molecule has 1 aliphatic heterocycles. The van der Waals surface area contributed by atoms with Gasteiger partial charge in [-0.1, -0.05) is 36.4 Å². The van der Waals surface area contributed by atoms with E-state index < -0.39 is 0 Å². The number of hydrogen-bond acceptors (Lipinski definition) is 5. The van der Waals surface area contributed by atoms with Crippen LogP contribution in [-0.4, -0.2) is 25.3 Å². The molecule has 1 heterocycles.